The molecule has 1 aliphatic rings. The van der Waals surface area contributed by atoms with Crippen molar-refractivity contribution in [2.24, 2.45) is 0 Å². The third-order valence-corrected chi connectivity index (χ3v) is 6.93. The maximum Gasteiger partial charge on any atom is 0.407 e. The molecule has 192 valence electrons. The minimum absolute atomic E-state index is 0.0547. The van der Waals surface area contributed by atoms with E-state index in [-0.39, 0.29) is 31.9 Å². The number of nitrogens with one attached hydrogen (secondary N) is 2. The van der Waals surface area contributed by atoms with Crippen LogP contribution in [-0.2, 0) is 20.9 Å². The van der Waals surface area contributed by atoms with Crippen LogP contribution in [-0.4, -0.2) is 35.7 Å². The Morgan fingerprint density at radius 1 is 0.816 bits per heavy atom. The van der Waals surface area contributed by atoms with Gasteiger partial charge in [0.15, 0.2) is 0 Å². The molecule has 0 aliphatic heterocycles. The molecule has 7 heteroatoms. The Morgan fingerprint density at radius 2 is 1.45 bits per heavy atom. The number of hydrogen-bond acceptors (Lipinski definition) is 4. The van der Waals surface area contributed by atoms with E-state index in [1.54, 1.807) is 0 Å². The van der Waals surface area contributed by atoms with E-state index in [1.807, 2.05) is 78.9 Å². The highest BCUT2D eigenvalue weighted by molar-refractivity contribution is 5.88. The second-order valence-electron chi connectivity index (χ2n) is 9.31. The minimum atomic E-state index is -1.05. The summed E-state index contributed by atoms with van der Waals surface area (Å²) in [6, 6.07) is 28.7. The number of rotatable bonds is 9. The first-order valence-corrected chi connectivity index (χ1v) is 12.6. The van der Waals surface area contributed by atoms with E-state index < -0.39 is 24.0 Å². The van der Waals surface area contributed by atoms with E-state index in [0.29, 0.717) is 0 Å². The fraction of sp³-hybridized carbons (Fsp3) is 0.194. The summed E-state index contributed by atoms with van der Waals surface area (Å²) in [4.78, 5) is 37.0. The number of carboxylic acid groups (broad SMARTS) is 1. The molecule has 0 unspecified atom stereocenters. The van der Waals surface area contributed by atoms with E-state index in [9.17, 15) is 14.4 Å². The Bertz CT molecular complexity index is 1450. The van der Waals surface area contributed by atoms with E-state index in [0.717, 1.165) is 38.6 Å². The van der Waals surface area contributed by atoms with Crippen LogP contribution in [0.25, 0.3) is 21.9 Å². The zero-order valence-corrected chi connectivity index (χ0v) is 20.7. The predicted molar refractivity (Wildman–Crippen MR) is 145 cm³/mol. The molecule has 4 aromatic carbocycles. The van der Waals surface area contributed by atoms with E-state index in [4.69, 9.17) is 9.84 Å². The van der Waals surface area contributed by atoms with E-state index >= 15 is 0 Å². The summed E-state index contributed by atoms with van der Waals surface area (Å²) in [5.41, 5.74) is 5.32. The molecule has 2 amide bonds. The van der Waals surface area contributed by atoms with Crippen LogP contribution in [0.2, 0.25) is 0 Å². The molecule has 4 aromatic rings. The molecule has 5 rings (SSSR count). The van der Waals surface area contributed by atoms with Crippen molar-refractivity contribution in [2.45, 2.75) is 31.3 Å². The van der Waals surface area contributed by atoms with Crippen LogP contribution in [0.5, 0.6) is 0 Å². The Balaban J connectivity index is 1.24. The summed E-state index contributed by atoms with van der Waals surface area (Å²) in [6.07, 6.45) is -1.08. The summed E-state index contributed by atoms with van der Waals surface area (Å²) in [7, 11) is 0. The molecule has 38 heavy (non-hydrogen) atoms. The van der Waals surface area contributed by atoms with Crippen LogP contribution in [0.15, 0.2) is 91.0 Å². The number of fused-ring (bicyclic) bond motifs is 4. The van der Waals surface area contributed by atoms with Crippen molar-refractivity contribution in [3.63, 3.8) is 0 Å². The number of ether oxygens (including phenoxy) is 1. The number of benzene rings is 4. The highest BCUT2D eigenvalue weighted by Crippen LogP contribution is 2.44. The molecule has 1 aliphatic carbocycles. The number of amides is 2. The standard InChI is InChI=1S/C31H28N2O5/c34-29(35)17-16-28(30(36)32-18-21-10-7-9-20-8-1-2-11-22(20)21)33-31(37)38-19-27-25-14-5-3-12-23(25)24-13-4-6-15-26(24)27/h1-15,27-28H,16-19H2,(H,32,36)(H,33,37)(H,34,35)/t28-/m0/s1. The van der Waals surface area contributed by atoms with Gasteiger partial charge in [-0.2, -0.15) is 0 Å². The lowest BCUT2D eigenvalue weighted by molar-refractivity contribution is -0.137. The van der Waals surface area contributed by atoms with Crippen LogP contribution in [0, 0.1) is 0 Å². The number of alkyl carbamates (subject to hydrolysis) is 1. The monoisotopic (exact) mass is 508 g/mol. The molecule has 0 spiro atoms. The first-order chi connectivity index (χ1) is 18.5. The van der Waals surface area contributed by atoms with Crippen LogP contribution < -0.4 is 10.6 Å². The van der Waals surface area contributed by atoms with Crippen molar-refractivity contribution < 1.29 is 24.2 Å². The van der Waals surface area contributed by atoms with Gasteiger partial charge >= 0.3 is 12.1 Å². The van der Waals surface area contributed by atoms with Gasteiger partial charge < -0.3 is 20.5 Å². The van der Waals surface area contributed by atoms with Gasteiger partial charge in [0.1, 0.15) is 12.6 Å². The number of hydrogen-bond donors (Lipinski definition) is 3. The average Bonchev–Trinajstić information content (AvgIpc) is 3.26. The van der Waals surface area contributed by atoms with Crippen LogP contribution in [0.4, 0.5) is 4.79 Å². The normalized spacial score (nSPS) is 12.8. The van der Waals surface area contributed by atoms with Gasteiger partial charge in [-0.25, -0.2) is 4.79 Å². The third kappa shape index (κ3) is 5.37. The van der Waals surface area contributed by atoms with Gasteiger partial charge in [-0.15, -0.1) is 0 Å². The largest absolute Gasteiger partial charge is 0.481 e. The van der Waals surface area contributed by atoms with Crippen LogP contribution in [0.3, 0.4) is 0 Å². The lowest BCUT2D eigenvalue weighted by Gasteiger charge is -2.19. The third-order valence-electron chi connectivity index (χ3n) is 6.93. The Hall–Kier alpha value is -4.65. The lowest BCUT2D eigenvalue weighted by Crippen LogP contribution is -2.47. The molecule has 0 saturated carbocycles. The second kappa shape index (κ2) is 11.2. The summed E-state index contributed by atoms with van der Waals surface area (Å²) >= 11 is 0. The highest BCUT2D eigenvalue weighted by atomic mass is 16.5. The van der Waals surface area contributed by atoms with Gasteiger partial charge in [-0.3, -0.25) is 9.59 Å². The molecular weight excluding hydrogens is 480 g/mol. The van der Waals surface area contributed by atoms with Crippen LogP contribution >= 0.6 is 0 Å². The number of carboxylic acids is 1. The second-order valence-corrected chi connectivity index (χ2v) is 9.31. The van der Waals surface area contributed by atoms with Gasteiger partial charge in [0.25, 0.3) is 0 Å². The summed E-state index contributed by atoms with van der Waals surface area (Å²) in [5.74, 6) is -1.63. The quantitative estimate of drug-likeness (QED) is 0.287. The van der Waals surface area contributed by atoms with Gasteiger partial charge in [0, 0.05) is 18.9 Å². The lowest BCUT2D eigenvalue weighted by atomic mass is 9.98. The van der Waals surface area contributed by atoms with Crippen molar-refractivity contribution in [3.8, 4) is 11.1 Å². The molecule has 0 heterocycles. The SMILES string of the molecule is O=C(O)CC[C@H](NC(=O)OCC1c2ccccc2-c2ccccc21)C(=O)NCc1cccc2ccccc12. The average molecular weight is 509 g/mol. The van der Waals surface area contributed by atoms with Crippen molar-refractivity contribution in [3.05, 3.63) is 108 Å². The molecular formula is C31H28N2O5. The minimum Gasteiger partial charge on any atom is -0.481 e. The predicted octanol–water partition coefficient (Wildman–Crippen LogP) is 5.23. The van der Waals surface area contributed by atoms with Crippen molar-refractivity contribution in [1.29, 1.82) is 0 Å². The van der Waals surface area contributed by atoms with Crippen molar-refractivity contribution in [2.75, 3.05) is 6.61 Å². The molecule has 7 nitrogen and oxygen atoms in total. The van der Waals surface area contributed by atoms with Gasteiger partial charge in [0.2, 0.25) is 5.91 Å². The number of carbonyl (C=O) groups excluding carboxylic acids is 2. The first-order valence-electron chi connectivity index (χ1n) is 12.6. The molecule has 0 radical (unpaired) electrons. The summed E-state index contributed by atoms with van der Waals surface area (Å²) < 4.78 is 5.57. The topological polar surface area (TPSA) is 105 Å². The van der Waals surface area contributed by atoms with E-state index in [2.05, 4.69) is 22.8 Å². The fourth-order valence-electron chi connectivity index (χ4n) is 5.07. The van der Waals surface area contributed by atoms with Crippen molar-refractivity contribution in [1.82, 2.24) is 10.6 Å². The van der Waals surface area contributed by atoms with Crippen molar-refractivity contribution >= 4 is 28.7 Å². The Morgan fingerprint density at radius 3 is 2.16 bits per heavy atom. The molecule has 0 bridgehead atoms. The first kappa shape index (κ1) is 25.0. The molecule has 3 N–H and O–H groups in total. The smallest absolute Gasteiger partial charge is 0.407 e. The van der Waals surface area contributed by atoms with Gasteiger partial charge in [-0.05, 0) is 45.0 Å². The summed E-state index contributed by atoms with van der Waals surface area (Å²) in [5, 5.41) is 16.7. The maximum atomic E-state index is 13.0. The summed E-state index contributed by atoms with van der Waals surface area (Å²) in [6.45, 7) is 0.346. The zero-order valence-electron chi connectivity index (χ0n) is 20.7. The molecule has 0 aromatic heterocycles. The van der Waals surface area contributed by atoms with E-state index in [1.165, 1.54) is 0 Å². The Kier molecular flexibility index (Phi) is 7.35. The van der Waals surface area contributed by atoms with Crippen LogP contribution in [0.1, 0.15) is 35.4 Å². The molecule has 0 fully saturated rings. The number of carbonyl (C=O) groups is 3. The highest BCUT2D eigenvalue weighted by Gasteiger charge is 2.30. The maximum absolute atomic E-state index is 13.0. The fourth-order valence-corrected chi connectivity index (χ4v) is 5.07. The number of aliphatic carboxylic acids is 1. The molecule has 0 saturated heterocycles. The van der Waals surface area contributed by atoms with Gasteiger partial charge in [-0.1, -0.05) is 91.0 Å². The molecule has 1 atom stereocenters. The van der Waals surface area contributed by atoms with Gasteiger partial charge in [0.05, 0.1) is 0 Å². The Labute approximate surface area is 220 Å². The zero-order chi connectivity index (χ0) is 26.5.